The molecule has 3 nitrogen and oxygen atoms in total. The van der Waals surface area contributed by atoms with Crippen molar-refractivity contribution in [3.05, 3.63) is 47.5 Å². The third-order valence-electron chi connectivity index (χ3n) is 3.25. The van der Waals surface area contributed by atoms with E-state index in [0.29, 0.717) is 13.0 Å². The molecule has 0 heterocycles. The first-order chi connectivity index (χ1) is 9.06. The fraction of sp³-hybridized carbons (Fsp3) is 0.438. The van der Waals surface area contributed by atoms with Crippen LogP contribution in [0.2, 0.25) is 0 Å². The Kier molecular flexibility index (Phi) is 6.30. The molecule has 1 aromatic carbocycles. The molecule has 0 radical (unpaired) electrons. The number of nitrogens with one attached hydrogen (secondary N) is 1. The summed E-state index contributed by atoms with van der Waals surface area (Å²) in [4.78, 5) is 11.4. The van der Waals surface area contributed by atoms with Gasteiger partial charge in [-0.3, -0.25) is 4.79 Å². The Morgan fingerprint density at radius 1 is 1.42 bits per heavy atom. The van der Waals surface area contributed by atoms with Crippen molar-refractivity contribution >= 4 is 5.97 Å². The van der Waals surface area contributed by atoms with Crippen LogP contribution in [-0.2, 0) is 16.0 Å². The lowest BCUT2D eigenvalue weighted by Crippen LogP contribution is -2.33. The molecule has 1 rings (SSSR count). The van der Waals surface area contributed by atoms with Gasteiger partial charge >= 0.3 is 5.97 Å². The predicted molar refractivity (Wildman–Crippen MR) is 78.2 cm³/mol. The quantitative estimate of drug-likeness (QED) is 0.605. The first-order valence-electron chi connectivity index (χ1n) is 6.54. The van der Waals surface area contributed by atoms with Gasteiger partial charge in [-0.2, -0.15) is 0 Å². The molecule has 0 amide bonds. The van der Waals surface area contributed by atoms with Gasteiger partial charge in [0.05, 0.1) is 13.5 Å². The molecule has 0 fully saturated rings. The minimum absolute atomic E-state index is 0.0764. The molecular formula is C16H23NO2. The predicted octanol–water partition coefficient (Wildman–Crippen LogP) is 2.55. The van der Waals surface area contributed by atoms with E-state index in [1.165, 1.54) is 23.8 Å². The monoisotopic (exact) mass is 261 g/mol. The second kappa shape index (κ2) is 7.74. The van der Waals surface area contributed by atoms with Crippen LogP contribution in [0.1, 0.15) is 23.1 Å². The second-order valence-corrected chi connectivity index (χ2v) is 4.80. The van der Waals surface area contributed by atoms with Gasteiger partial charge in [0.1, 0.15) is 0 Å². The van der Waals surface area contributed by atoms with Crippen LogP contribution in [-0.4, -0.2) is 25.7 Å². The van der Waals surface area contributed by atoms with E-state index in [-0.39, 0.29) is 12.0 Å². The number of benzene rings is 1. The number of rotatable bonds is 7. The Morgan fingerprint density at radius 2 is 2.16 bits per heavy atom. The molecule has 0 saturated heterocycles. The fourth-order valence-corrected chi connectivity index (χ4v) is 1.97. The van der Waals surface area contributed by atoms with Crippen LogP contribution in [0.25, 0.3) is 0 Å². The minimum atomic E-state index is -0.189. The SMILES string of the molecule is C=CCNC(CC(=O)OC)Cc1ccc(C)c(C)c1. The summed E-state index contributed by atoms with van der Waals surface area (Å²) in [5, 5.41) is 3.30. The summed E-state index contributed by atoms with van der Waals surface area (Å²) in [6.07, 6.45) is 2.98. The van der Waals surface area contributed by atoms with E-state index in [0.717, 1.165) is 6.42 Å². The molecule has 0 bridgehead atoms. The van der Waals surface area contributed by atoms with Crippen molar-refractivity contribution in [3.63, 3.8) is 0 Å². The number of hydrogen-bond acceptors (Lipinski definition) is 3. The Bertz CT molecular complexity index is 440. The maximum absolute atomic E-state index is 11.4. The van der Waals surface area contributed by atoms with E-state index in [1.807, 2.05) is 0 Å². The number of carbonyl (C=O) groups is 1. The van der Waals surface area contributed by atoms with Crippen molar-refractivity contribution in [2.75, 3.05) is 13.7 Å². The zero-order valence-electron chi connectivity index (χ0n) is 12.0. The Morgan fingerprint density at radius 3 is 2.74 bits per heavy atom. The number of carbonyl (C=O) groups excluding carboxylic acids is 1. The average molecular weight is 261 g/mol. The summed E-state index contributed by atoms with van der Waals surface area (Å²) < 4.78 is 4.74. The molecule has 0 spiro atoms. The Labute approximate surface area is 115 Å². The van der Waals surface area contributed by atoms with Crippen LogP contribution in [0.15, 0.2) is 30.9 Å². The third-order valence-corrected chi connectivity index (χ3v) is 3.25. The smallest absolute Gasteiger partial charge is 0.307 e. The van der Waals surface area contributed by atoms with Gasteiger partial charge in [0.15, 0.2) is 0 Å². The van der Waals surface area contributed by atoms with Crippen LogP contribution in [0.3, 0.4) is 0 Å². The molecule has 1 atom stereocenters. The van der Waals surface area contributed by atoms with Gasteiger partial charge in [-0.15, -0.1) is 6.58 Å². The number of esters is 1. The van der Waals surface area contributed by atoms with E-state index < -0.39 is 0 Å². The topological polar surface area (TPSA) is 38.3 Å². The fourth-order valence-electron chi connectivity index (χ4n) is 1.97. The van der Waals surface area contributed by atoms with Crippen molar-refractivity contribution in [1.29, 1.82) is 0 Å². The molecule has 1 N–H and O–H groups in total. The molecule has 0 aliphatic rings. The lowest BCUT2D eigenvalue weighted by molar-refractivity contribution is -0.141. The molecule has 19 heavy (non-hydrogen) atoms. The first kappa shape index (κ1) is 15.4. The van der Waals surface area contributed by atoms with E-state index in [9.17, 15) is 4.79 Å². The Balaban J connectivity index is 2.71. The summed E-state index contributed by atoms with van der Waals surface area (Å²) in [6.45, 7) is 8.57. The lowest BCUT2D eigenvalue weighted by atomic mass is 9.99. The van der Waals surface area contributed by atoms with E-state index in [4.69, 9.17) is 4.74 Å². The highest BCUT2D eigenvalue weighted by molar-refractivity contribution is 5.70. The highest BCUT2D eigenvalue weighted by Gasteiger charge is 2.14. The zero-order chi connectivity index (χ0) is 14.3. The summed E-state index contributed by atoms with van der Waals surface area (Å²) in [7, 11) is 1.42. The highest BCUT2D eigenvalue weighted by atomic mass is 16.5. The van der Waals surface area contributed by atoms with Gasteiger partial charge in [-0.1, -0.05) is 24.3 Å². The van der Waals surface area contributed by atoms with Gasteiger partial charge in [-0.05, 0) is 37.0 Å². The van der Waals surface area contributed by atoms with Crippen LogP contribution < -0.4 is 5.32 Å². The largest absolute Gasteiger partial charge is 0.469 e. The molecule has 0 aliphatic heterocycles. The number of hydrogen-bond donors (Lipinski definition) is 1. The maximum Gasteiger partial charge on any atom is 0.307 e. The number of ether oxygens (including phenoxy) is 1. The maximum atomic E-state index is 11.4. The van der Waals surface area contributed by atoms with Crippen molar-refractivity contribution in [1.82, 2.24) is 5.32 Å². The molecule has 1 unspecified atom stereocenters. The van der Waals surface area contributed by atoms with Crippen molar-refractivity contribution in [2.24, 2.45) is 0 Å². The number of aryl methyl sites for hydroxylation is 2. The van der Waals surface area contributed by atoms with Gasteiger partial charge in [0.25, 0.3) is 0 Å². The van der Waals surface area contributed by atoms with Crippen molar-refractivity contribution in [3.8, 4) is 0 Å². The van der Waals surface area contributed by atoms with E-state index >= 15 is 0 Å². The van der Waals surface area contributed by atoms with Crippen LogP contribution in [0, 0.1) is 13.8 Å². The molecule has 3 heteroatoms. The van der Waals surface area contributed by atoms with Gasteiger partial charge in [-0.25, -0.2) is 0 Å². The van der Waals surface area contributed by atoms with E-state index in [2.05, 4.69) is 43.9 Å². The van der Waals surface area contributed by atoms with Crippen molar-refractivity contribution < 1.29 is 9.53 Å². The van der Waals surface area contributed by atoms with Crippen LogP contribution in [0.5, 0.6) is 0 Å². The van der Waals surface area contributed by atoms with Gasteiger partial charge in [0, 0.05) is 12.6 Å². The zero-order valence-corrected chi connectivity index (χ0v) is 12.0. The molecule has 104 valence electrons. The van der Waals surface area contributed by atoms with Crippen LogP contribution in [0.4, 0.5) is 0 Å². The summed E-state index contributed by atoms with van der Waals surface area (Å²) >= 11 is 0. The number of methoxy groups -OCH3 is 1. The second-order valence-electron chi connectivity index (χ2n) is 4.80. The molecule has 0 aliphatic carbocycles. The molecule has 0 aromatic heterocycles. The Hall–Kier alpha value is -1.61. The normalized spacial score (nSPS) is 11.9. The third kappa shape index (κ3) is 5.26. The van der Waals surface area contributed by atoms with Gasteiger partial charge in [0.2, 0.25) is 0 Å². The summed E-state index contributed by atoms with van der Waals surface area (Å²) in [5.41, 5.74) is 3.79. The molecule has 0 saturated carbocycles. The minimum Gasteiger partial charge on any atom is -0.469 e. The summed E-state index contributed by atoms with van der Waals surface area (Å²) in [6, 6.07) is 6.48. The van der Waals surface area contributed by atoms with Gasteiger partial charge < -0.3 is 10.1 Å². The van der Waals surface area contributed by atoms with Crippen LogP contribution >= 0.6 is 0 Å². The lowest BCUT2D eigenvalue weighted by Gasteiger charge is -2.17. The average Bonchev–Trinajstić information content (AvgIpc) is 2.40. The first-order valence-corrected chi connectivity index (χ1v) is 6.54. The summed E-state index contributed by atoms with van der Waals surface area (Å²) in [5.74, 6) is -0.189. The van der Waals surface area contributed by atoms with Crippen molar-refractivity contribution in [2.45, 2.75) is 32.7 Å². The molecular weight excluding hydrogens is 238 g/mol. The van der Waals surface area contributed by atoms with E-state index in [1.54, 1.807) is 6.08 Å². The highest BCUT2D eigenvalue weighted by Crippen LogP contribution is 2.13. The standard InChI is InChI=1S/C16H23NO2/c1-5-8-17-15(11-16(18)19-4)10-14-7-6-12(2)13(3)9-14/h5-7,9,15,17H,1,8,10-11H2,2-4H3. The molecule has 1 aromatic rings.